The summed E-state index contributed by atoms with van der Waals surface area (Å²) < 4.78 is 11.7. The number of carboxylic acids is 1. The molecule has 0 spiro atoms. The van der Waals surface area contributed by atoms with E-state index in [-0.39, 0.29) is 46.7 Å². The van der Waals surface area contributed by atoms with Gasteiger partial charge in [-0.25, -0.2) is 0 Å². The van der Waals surface area contributed by atoms with E-state index in [1.165, 1.54) is 5.57 Å². The zero-order valence-corrected chi connectivity index (χ0v) is 27.1. The fourth-order valence-corrected chi connectivity index (χ4v) is 11.8. The lowest BCUT2D eigenvalue weighted by Gasteiger charge is -2.71. The number of carboxylic acid groups (broad SMARTS) is 1. The van der Waals surface area contributed by atoms with Gasteiger partial charge in [-0.1, -0.05) is 53.2 Å². The van der Waals surface area contributed by atoms with E-state index in [0.29, 0.717) is 12.3 Å². The molecule has 0 aromatic carbocycles. The van der Waals surface area contributed by atoms with Crippen molar-refractivity contribution in [2.45, 2.75) is 136 Å². The Morgan fingerprint density at radius 2 is 1.60 bits per heavy atom. The molecule has 13 unspecified atom stereocenters. The van der Waals surface area contributed by atoms with Crippen LogP contribution in [0.15, 0.2) is 11.6 Å². The Morgan fingerprint density at radius 3 is 2.30 bits per heavy atom. The van der Waals surface area contributed by atoms with E-state index in [9.17, 15) is 30.3 Å². The maximum absolute atomic E-state index is 12.9. The van der Waals surface area contributed by atoms with Crippen LogP contribution in [0.25, 0.3) is 0 Å². The molecule has 0 aromatic rings. The molecule has 5 N–H and O–H groups in total. The quantitative estimate of drug-likeness (QED) is 0.292. The van der Waals surface area contributed by atoms with Crippen LogP contribution in [0, 0.1) is 50.2 Å². The summed E-state index contributed by atoms with van der Waals surface area (Å²) in [5.74, 6) is 0.0529. The molecular formula is C35H56O8. The predicted octanol–water partition coefficient (Wildman–Crippen LogP) is 4.67. The first-order valence-corrected chi connectivity index (χ1v) is 16.8. The molecule has 1 heterocycles. The fourth-order valence-electron chi connectivity index (χ4n) is 11.8. The molecular weight excluding hydrogens is 548 g/mol. The van der Waals surface area contributed by atoms with Gasteiger partial charge in [0.2, 0.25) is 0 Å². The topological polar surface area (TPSA) is 137 Å². The number of carbonyl (C=O) groups is 1. The summed E-state index contributed by atoms with van der Waals surface area (Å²) in [6.07, 6.45) is 5.80. The Hall–Kier alpha value is -1.03. The van der Waals surface area contributed by atoms with Crippen LogP contribution in [0.1, 0.15) is 106 Å². The van der Waals surface area contributed by atoms with Crippen molar-refractivity contribution in [2.24, 2.45) is 50.2 Å². The average molecular weight is 605 g/mol. The van der Waals surface area contributed by atoms with Crippen LogP contribution >= 0.6 is 0 Å². The largest absolute Gasteiger partial charge is 0.481 e. The summed E-state index contributed by atoms with van der Waals surface area (Å²) in [5.41, 5.74) is 0.232. The van der Waals surface area contributed by atoms with E-state index in [4.69, 9.17) is 9.47 Å². The van der Waals surface area contributed by atoms with Crippen molar-refractivity contribution >= 4 is 5.97 Å². The van der Waals surface area contributed by atoms with Crippen LogP contribution in [0.4, 0.5) is 0 Å². The number of allylic oxidation sites excluding steroid dienone is 2. The lowest BCUT2D eigenvalue weighted by atomic mass is 9.33. The van der Waals surface area contributed by atoms with E-state index in [1.54, 1.807) is 0 Å². The maximum Gasteiger partial charge on any atom is 0.310 e. The van der Waals surface area contributed by atoms with E-state index in [2.05, 4.69) is 47.6 Å². The highest BCUT2D eigenvalue weighted by Gasteiger charge is 2.69. The molecule has 244 valence electrons. The van der Waals surface area contributed by atoms with Gasteiger partial charge in [-0.2, -0.15) is 0 Å². The fraction of sp³-hybridized carbons (Fsp3) is 0.914. The third kappa shape index (κ3) is 4.40. The minimum atomic E-state index is -1.36. The molecule has 0 radical (unpaired) electrons. The van der Waals surface area contributed by atoms with Gasteiger partial charge in [0, 0.05) is 5.41 Å². The van der Waals surface area contributed by atoms with Crippen LogP contribution in [0.2, 0.25) is 0 Å². The first-order valence-electron chi connectivity index (χ1n) is 16.8. The summed E-state index contributed by atoms with van der Waals surface area (Å²) >= 11 is 0. The highest BCUT2D eigenvalue weighted by molar-refractivity contribution is 5.76. The Labute approximate surface area is 257 Å². The SMILES string of the molecule is CC1(C)CCC2(C(=O)O)CCC3(C)C(=CCC4C5(C)CCC(O)C(C)(COC6OCC(O)C(O)C6O)C5CCC43C)C2C1. The minimum Gasteiger partial charge on any atom is -0.481 e. The third-order valence-electron chi connectivity index (χ3n) is 14.9. The average Bonchev–Trinajstić information content (AvgIpc) is 2.93. The van der Waals surface area contributed by atoms with Crippen molar-refractivity contribution in [3.63, 3.8) is 0 Å². The molecule has 8 nitrogen and oxygen atoms in total. The molecule has 43 heavy (non-hydrogen) atoms. The van der Waals surface area contributed by atoms with E-state index < -0.39 is 47.5 Å². The smallest absolute Gasteiger partial charge is 0.310 e. The predicted molar refractivity (Wildman–Crippen MR) is 161 cm³/mol. The lowest BCUT2D eigenvalue weighted by Crippen LogP contribution is -2.66. The highest BCUT2D eigenvalue weighted by atomic mass is 16.7. The Bertz CT molecular complexity index is 1150. The van der Waals surface area contributed by atoms with Crippen molar-refractivity contribution in [1.82, 2.24) is 0 Å². The van der Waals surface area contributed by atoms with Crippen molar-refractivity contribution < 1.29 is 39.8 Å². The monoisotopic (exact) mass is 604 g/mol. The van der Waals surface area contributed by atoms with E-state index in [1.807, 2.05) is 0 Å². The van der Waals surface area contributed by atoms with Gasteiger partial charge in [-0.05, 0) is 104 Å². The van der Waals surface area contributed by atoms with Gasteiger partial charge in [0.15, 0.2) is 6.29 Å². The van der Waals surface area contributed by atoms with Crippen molar-refractivity contribution in [2.75, 3.05) is 13.2 Å². The maximum atomic E-state index is 12.9. The molecule has 1 saturated heterocycles. The number of aliphatic hydroxyl groups excluding tert-OH is 4. The minimum absolute atomic E-state index is 0.0154. The number of hydrogen-bond donors (Lipinski definition) is 5. The second-order valence-corrected chi connectivity index (χ2v) is 17.3. The molecule has 0 amide bonds. The van der Waals surface area contributed by atoms with E-state index >= 15 is 0 Å². The van der Waals surface area contributed by atoms with Crippen LogP contribution in [0.5, 0.6) is 0 Å². The Kier molecular flexibility index (Phi) is 7.60. The van der Waals surface area contributed by atoms with Gasteiger partial charge in [-0.15, -0.1) is 0 Å². The molecule has 6 aliphatic rings. The standard InChI is InChI=1S/C35H56O8/c1-30(2)13-15-35(29(40)41)16-14-33(5)20(21(35)17-30)7-8-24-31(3)11-10-25(37)32(4,23(31)9-12-34(24,33)6)19-43-28-27(39)26(38)22(36)18-42-28/h7,21-28,36-39H,8-19H2,1-6H3,(H,40,41). The molecule has 0 bridgehead atoms. The Morgan fingerprint density at radius 1 is 0.907 bits per heavy atom. The molecule has 5 aliphatic carbocycles. The van der Waals surface area contributed by atoms with Crippen molar-refractivity contribution in [1.29, 1.82) is 0 Å². The first-order chi connectivity index (χ1) is 20.0. The van der Waals surface area contributed by atoms with Crippen LogP contribution in [0.3, 0.4) is 0 Å². The van der Waals surface area contributed by atoms with Crippen molar-refractivity contribution in [3.8, 4) is 0 Å². The van der Waals surface area contributed by atoms with Gasteiger partial charge in [0.05, 0.1) is 24.7 Å². The normalized spacial score (nSPS) is 54.3. The molecule has 0 aromatic heterocycles. The number of aliphatic carboxylic acids is 1. The van der Waals surface area contributed by atoms with Gasteiger partial charge in [-0.3, -0.25) is 4.79 Å². The summed E-state index contributed by atoms with van der Waals surface area (Å²) in [6, 6.07) is 0. The molecule has 1 aliphatic heterocycles. The number of fused-ring (bicyclic) bond motifs is 7. The number of rotatable bonds is 4. The van der Waals surface area contributed by atoms with Gasteiger partial charge >= 0.3 is 5.97 Å². The Balaban J connectivity index is 1.31. The molecule has 6 rings (SSSR count). The molecule has 13 atom stereocenters. The number of hydrogen-bond acceptors (Lipinski definition) is 7. The zero-order chi connectivity index (χ0) is 31.4. The van der Waals surface area contributed by atoms with Crippen molar-refractivity contribution in [3.05, 3.63) is 11.6 Å². The zero-order valence-electron chi connectivity index (χ0n) is 27.1. The molecule has 4 saturated carbocycles. The van der Waals surface area contributed by atoms with Gasteiger partial charge in [0.1, 0.15) is 18.3 Å². The first kappa shape index (κ1) is 31.9. The summed E-state index contributed by atoms with van der Waals surface area (Å²) in [7, 11) is 0. The van der Waals surface area contributed by atoms with Crippen LogP contribution in [-0.2, 0) is 14.3 Å². The molecule has 8 heteroatoms. The second-order valence-electron chi connectivity index (χ2n) is 17.3. The van der Waals surface area contributed by atoms with Gasteiger partial charge < -0.3 is 35.0 Å². The van der Waals surface area contributed by atoms with Crippen LogP contribution in [-0.4, -0.2) is 75.4 Å². The lowest BCUT2D eigenvalue weighted by molar-refractivity contribution is -0.291. The second kappa shape index (κ2) is 10.2. The highest BCUT2D eigenvalue weighted by Crippen LogP contribution is 2.75. The van der Waals surface area contributed by atoms with Crippen LogP contribution < -0.4 is 0 Å². The summed E-state index contributed by atoms with van der Waals surface area (Å²) in [4.78, 5) is 12.9. The number of ether oxygens (including phenoxy) is 2. The number of aliphatic hydroxyl groups is 4. The van der Waals surface area contributed by atoms with E-state index in [0.717, 1.165) is 57.8 Å². The summed E-state index contributed by atoms with van der Waals surface area (Å²) in [5, 5.41) is 52.6. The van der Waals surface area contributed by atoms with Gasteiger partial charge in [0.25, 0.3) is 0 Å². The molecule has 5 fully saturated rings. The summed E-state index contributed by atoms with van der Waals surface area (Å²) in [6.45, 7) is 14.2. The third-order valence-corrected chi connectivity index (χ3v) is 14.9.